The van der Waals surface area contributed by atoms with E-state index < -0.39 is 0 Å². The molecule has 2 atom stereocenters. The van der Waals surface area contributed by atoms with E-state index in [2.05, 4.69) is 47.0 Å². The molecule has 2 rings (SSSR count). The fourth-order valence-corrected chi connectivity index (χ4v) is 3.26. The standard InChI is InChI=1S/C15H28N4/c1-4-10-19-14(8-9-17-19)15-13(12-16-5-2)7-6-11-18(15)3/h8-9,13,15-16H,4-7,10-12H2,1-3H3. The van der Waals surface area contributed by atoms with Gasteiger partial charge in [0, 0.05) is 12.7 Å². The van der Waals surface area contributed by atoms with Crippen LogP contribution in [-0.2, 0) is 6.54 Å². The van der Waals surface area contributed by atoms with Crippen LogP contribution < -0.4 is 5.32 Å². The van der Waals surface area contributed by atoms with Crippen molar-refractivity contribution >= 4 is 0 Å². The first-order valence-electron chi connectivity index (χ1n) is 7.70. The maximum absolute atomic E-state index is 4.50. The summed E-state index contributed by atoms with van der Waals surface area (Å²) < 4.78 is 2.20. The van der Waals surface area contributed by atoms with Gasteiger partial charge in [0.15, 0.2) is 0 Å². The molecule has 1 aliphatic rings. The Morgan fingerprint density at radius 1 is 1.42 bits per heavy atom. The van der Waals surface area contributed by atoms with Gasteiger partial charge >= 0.3 is 0 Å². The zero-order valence-corrected chi connectivity index (χ0v) is 12.6. The van der Waals surface area contributed by atoms with Crippen LogP contribution in [0.25, 0.3) is 0 Å². The zero-order valence-electron chi connectivity index (χ0n) is 12.6. The second kappa shape index (κ2) is 7.06. The minimum atomic E-state index is 0.516. The first-order valence-corrected chi connectivity index (χ1v) is 7.70. The van der Waals surface area contributed by atoms with Crippen LogP contribution in [0.1, 0.15) is 44.8 Å². The van der Waals surface area contributed by atoms with Crippen LogP contribution >= 0.6 is 0 Å². The number of aryl methyl sites for hydroxylation is 1. The molecule has 1 aliphatic heterocycles. The van der Waals surface area contributed by atoms with Gasteiger partial charge < -0.3 is 5.32 Å². The molecule has 4 heteroatoms. The van der Waals surface area contributed by atoms with Crippen molar-refractivity contribution in [3.63, 3.8) is 0 Å². The molecule has 0 amide bonds. The van der Waals surface area contributed by atoms with Gasteiger partial charge in [-0.1, -0.05) is 13.8 Å². The first-order chi connectivity index (χ1) is 9.27. The van der Waals surface area contributed by atoms with E-state index in [-0.39, 0.29) is 0 Å². The van der Waals surface area contributed by atoms with E-state index in [0.717, 1.165) is 26.1 Å². The molecular formula is C15H28N4. The SMILES string of the molecule is CCCn1nccc1C1C(CNCC)CCCN1C. The summed E-state index contributed by atoms with van der Waals surface area (Å²) in [5, 5.41) is 8.03. The van der Waals surface area contributed by atoms with Crippen LogP contribution in [0.3, 0.4) is 0 Å². The largest absolute Gasteiger partial charge is 0.317 e. The summed E-state index contributed by atoms with van der Waals surface area (Å²) in [6.45, 7) is 8.80. The Labute approximate surface area is 117 Å². The third kappa shape index (κ3) is 3.37. The molecule has 0 bridgehead atoms. The molecule has 2 unspecified atom stereocenters. The quantitative estimate of drug-likeness (QED) is 0.856. The topological polar surface area (TPSA) is 33.1 Å². The highest BCUT2D eigenvalue weighted by Gasteiger charge is 2.32. The summed E-state index contributed by atoms with van der Waals surface area (Å²) in [7, 11) is 2.26. The minimum absolute atomic E-state index is 0.516. The van der Waals surface area contributed by atoms with Gasteiger partial charge in [-0.15, -0.1) is 0 Å². The zero-order chi connectivity index (χ0) is 13.7. The lowest BCUT2D eigenvalue weighted by molar-refractivity contribution is 0.112. The van der Waals surface area contributed by atoms with Gasteiger partial charge in [0.05, 0.1) is 11.7 Å². The van der Waals surface area contributed by atoms with Crippen LogP contribution in [-0.4, -0.2) is 41.4 Å². The van der Waals surface area contributed by atoms with Gasteiger partial charge in [0.1, 0.15) is 0 Å². The van der Waals surface area contributed by atoms with Crippen molar-refractivity contribution in [1.29, 1.82) is 0 Å². The van der Waals surface area contributed by atoms with Gasteiger partial charge in [-0.05, 0) is 57.9 Å². The Bertz CT molecular complexity index is 374. The predicted molar refractivity (Wildman–Crippen MR) is 79.2 cm³/mol. The lowest BCUT2D eigenvalue weighted by Gasteiger charge is -2.39. The Kier molecular flexibility index (Phi) is 5.40. The van der Waals surface area contributed by atoms with E-state index in [4.69, 9.17) is 0 Å². The summed E-state index contributed by atoms with van der Waals surface area (Å²) >= 11 is 0. The van der Waals surface area contributed by atoms with Crippen LogP contribution in [0.5, 0.6) is 0 Å². The van der Waals surface area contributed by atoms with E-state index in [1.807, 2.05) is 6.20 Å². The molecule has 0 spiro atoms. The Morgan fingerprint density at radius 2 is 2.26 bits per heavy atom. The second-order valence-corrected chi connectivity index (χ2v) is 5.61. The van der Waals surface area contributed by atoms with Gasteiger partial charge in [-0.3, -0.25) is 9.58 Å². The molecule has 1 fully saturated rings. The molecule has 1 aromatic heterocycles. The number of hydrogen-bond donors (Lipinski definition) is 1. The van der Waals surface area contributed by atoms with Crippen LogP contribution in [0.2, 0.25) is 0 Å². The van der Waals surface area contributed by atoms with Crippen LogP contribution in [0.4, 0.5) is 0 Å². The predicted octanol–water partition coefficient (Wildman–Crippen LogP) is 2.29. The van der Waals surface area contributed by atoms with Crippen molar-refractivity contribution in [1.82, 2.24) is 20.0 Å². The van der Waals surface area contributed by atoms with Crippen molar-refractivity contribution in [2.24, 2.45) is 5.92 Å². The molecule has 0 aromatic carbocycles. The normalized spacial score (nSPS) is 24.8. The van der Waals surface area contributed by atoms with Crippen molar-refractivity contribution in [3.8, 4) is 0 Å². The minimum Gasteiger partial charge on any atom is -0.317 e. The highest BCUT2D eigenvalue weighted by atomic mass is 15.3. The fraction of sp³-hybridized carbons (Fsp3) is 0.800. The van der Waals surface area contributed by atoms with E-state index >= 15 is 0 Å². The molecule has 0 radical (unpaired) electrons. The molecule has 1 saturated heterocycles. The molecule has 0 saturated carbocycles. The number of rotatable bonds is 6. The summed E-state index contributed by atoms with van der Waals surface area (Å²) in [5.41, 5.74) is 1.40. The highest BCUT2D eigenvalue weighted by Crippen LogP contribution is 2.34. The van der Waals surface area contributed by atoms with Crippen molar-refractivity contribution < 1.29 is 0 Å². The van der Waals surface area contributed by atoms with Crippen LogP contribution in [0, 0.1) is 5.92 Å². The second-order valence-electron chi connectivity index (χ2n) is 5.61. The Morgan fingerprint density at radius 3 is 3.00 bits per heavy atom. The van der Waals surface area contributed by atoms with Crippen molar-refractivity contribution in [3.05, 3.63) is 18.0 Å². The van der Waals surface area contributed by atoms with Crippen molar-refractivity contribution in [2.45, 2.75) is 45.7 Å². The van der Waals surface area contributed by atoms with Crippen LogP contribution in [0.15, 0.2) is 12.3 Å². The summed E-state index contributed by atoms with van der Waals surface area (Å²) in [6.07, 6.45) is 5.73. The number of nitrogens with one attached hydrogen (secondary N) is 1. The number of aromatic nitrogens is 2. The summed E-state index contributed by atoms with van der Waals surface area (Å²) in [6, 6.07) is 2.73. The van der Waals surface area contributed by atoms with Gasteiger partial charge in [-0.25, -0.2) is 0 Å². The molecule has 0 aliphatic carbocycles. The maximum Gasteiger partial charge on any atom is 0.0559 e. The number of hydrogen-bond acceptors (Lipinski definition) is 3. The van der Waals surface area contributed by atoms with Crippen molar-refractivity contribution in [2.75, 3.05) is 26.7 Å². The fourth-order valence-electron chi connectivity index (χ4n) is 3.26. The molecule has 1 N–H and O–H groups in total. The third-order valence-electron chi connectivity index (χ3n) is 4.15. The first kappa shape index (κ1) is 14.5. The molecule has 108 valence electrons. The Hall–Kier alpha value is -0.870. The summed E-state index contributed by atoms with van der Waals surface area (Å²) in [4.78, 5) is 2.51. The molecule has 19 heavy (non-hydrogen) atoms. The van der Waals surface area contributed by atoms with Gasteiger partial charge in [0.25, 0.3) is 0 Å². The Balaban J connectivity index is 2.17. The van der Waals surface area contributed by atoms with E-state index in [1.165, 1.54) is 25.1 Å². The molecular weight excluding hydrogens is 236 g/mol. The van der Waals surface area contributed by atoms with E-state index in [1.54, 1.807) is 0 Å². The summed E-state index contributed by atoms with van der Waals surface area (Å²) in [5.74, 6) is 0.700. The number of piperidine rings is 1. The lowest BCUT2D eigenvalue weighted by atomic mass is 9.87. The van der Waals surface area contributed by atoms with E-state index in [9.17, 15) is 0 Å². The lowest BCUT2D eigenvalue weighted by Crippen LogP contribution is -2.41. The number of likely N-dealkylation sites (tertiary alicyclic amines) is 1. The highest BCUT2D eigenvalue weighted by molar-refractivity contribution is 5.10. The smallest absolute Gasteiger partial charge is 0.0559 e. The maximum atomic E-state index is 4.50. The van der Waals surface area contributed by atoms with E-state index in [0.29, 0.717) is 12.0 Å². The average Bonchev–Trinajstić information content (AvgIpc) is 2.85. The number of nitrogens with zero attached hydrogens (tertiary/aromatic N) is 3. The molecule has 2 heterocycles. The van der Waals surface area contributed by atoms with Gasteiger partial charge in [-0.2, -0.15) is 5.10 Å². The molecule has 1 aromatic rings. The average molecular weight is 264 g/mol. The monoisotopic (exact) mass is 264 g/mol. The third-order valence-corrected chi connectivity index (χ3v) is 4.15. The van der Waals surface area contributed by atoms with Gasteiger partial charge in [0.2, 0.25) is 0 Å². The molecule has 4 nitrogen and oxygen atoms in total.